The number of nitrogens with two attached hydrogens (primary N) is 1. The van der Waals surface area contributed by atoms with Crippen LogP contribution >= 0.6 is 0 Å². The number of nitrogens with one attached hydrogen (secondary N) is 1. The molecule has 6 heteroatoms. The van der Waals surface area contributed by atoms with Crippen LogP contribution in [-0.4, -0.2) is 37.9 Å². The smallest absolute Gasteiger partial charge is 0.235 e. The molecule has 2 aliphatic carbocycles. The number of amides is 1. The lowest BCUT2D eigenvalue weighted by atomic mass is 10.0. The Hall–Kier alpha value is -0.620. The molecule has 2 aliphatic rings. The fourth-order valence-electron chi connectivity index (χ4n) is 3.31. The molecule has 2 saturated carbocycles. The lowest BCUT2D eigenvalue weighted by Crippen LogP contribution is -2.43. The van der Waals surface area contributed by atoms with Crippen LogP contribution in [0.2, 0.25) is 0 Å². The first kappa shape index (κ1) is 14.8. The Labute approximate surface area is 115 Å². The van der Waals surface area contributed by atoms with Crippen molar-refractivity contribution in [1.82, 2.24) is 5.32 Å². The summed E-state index contributed by atoms with van der Waals surface area (Å²) < 4.78 is 24.2. The molecule has 0 spiro atoms. The van der Waals surface area contributed by atoms with Crippen LogP contribution in [0.25, 0.3) is 0 Å². The fraction of sp³-hybridized carbons (Fsp3) is 0.923. The molecule has 0 bridgehead atoms. The molecule has 1 amide bonds. The van der Waals surface area contributed by atoms with Crippen molar-refractivity contribution in [3.05, 3.63) is 0 Å². The van der Waals surface area contributed by atoms with Gasteiger partial charge in [0.15, 0.2) is 9.84 Å². The van der Waals surface area contributed by atoms with Gasteiger partial charge in [0.1, 0.15) is 5.75 Å². The zero-order valence-electron chi connectivity index (χ0n) is 11.3. The Morgan fingerprint density at radius 2 is 1.79 bits per heavy atom. The Kier molecular flexibility index (Phi) is 4.84. The second kappa shape index (κ2) is 6.22. The van der Waals surface area contributed by atoms with E-state index in [1.807, 2.05) is 0 Å². The molecule has 5 nitrogen and oxygen atoms in total. The molecule has 0 aromatic heterocycles. The molecule has 2 unspecified atom stereocenters. The van der Waals surface area contributed by atoms with Crippen molar-refractivity contribution in [2.24, 2.45) is 11.7 Å². The van der Waals surface area contributed by atoms with Crippen molar-refractivity contribution in [3.63, 3.8) is 0 Å². The van der Waals surface area contributed by atoms with Gasteiger partial charge >= 0.3 is 0 Å². The molecule has 0 aliphatic heterocycles. The number of carbonyl (C=O) groups excluding carboxylic acids is 1. The third kappa shape index (κ3) is 3.69. The fourth-order valence-corrected chi connectivity index (χ4v) is 5.04. The maximum atomic E-state index is 12.1. The van der Waals surface area contributed by atoms with Gasteiger partial charge in [0, 0.05) is 6.04 Å². The minimum atomic E-state index is -3.27. The van der Waals surface area contributed by atoms with Gasteiger partial charge in [-0.3, -0.25) is 4.79 Å². The van der Waals surface area contributed by atoms with Crippen LogP contribution in [0.15, 0.2) is 0 Å². The zero-order valence-corrected chi connectivity index (χ0v) is 12.1. The van der Waals surface area contributed by atoms with E-state index in [1.165, 1.54) is 0 Å². The molecule has 2 atom stereocenters. The predicted octanol–water partition coefficient (Wildman–Crippen LogP) is 0.587. The van der Waals surface area contributed by atoms with Crippen LogP contribution in [0.1, 0.15) is 44.9 Å². The summed E-state index contributed by atoms with van der Waals surface area (Å²) in [4.78, 5) is 11.9. The number of carbonyl (C=O) groups is 1. The molecule has 3 N–H and O–H groups in total. The third-order valence-corrected chi connectivity index (χ3v) is 6.60. The van der Waals surface area contributed by atoms with Crippen LogP contribution < -0.4 is 11.1 Å². The van der Waals surface area contributed by atoms with Crippen LogP contribution in [0, 0.1) is 5.92 Å². The van der Waals surface area contributed by atoms with Crippen molar-refractivity contribution in [2.75, 3.05) is 12.3 Å². The van der Waals surface area contributed by atoms with Gasteiger partial charge in [-0.2, -0.15) is 0 Å². The SMILES string of the molecule is NCC1CCCC1NC(=O)CS(=O)(=O)C1CCCC1. The Bertz CT molecular complexity index is 416. The molecule has 19 heavy (non-hydrogen) atoms. The standard InChI is InChI=1S/C13H24N2O3S/c14-8-10-4-3-7-12(10)15-13(16)9-19(17,18)11-5-1-2-6-11/h10-12H,1-9,14H2,(H,15,16). The van der Waals surface area contributed by atoms with Crippen molar-refractivity contribution in [3.8, 4) is 0 Å². The van der Waals surface area contributed by atoms with Crippen molar-refractivity contribution in [2.45, 2.75) is 56.2 Å². The van der Waals surface area contributed by atoms with Crippen LogP contribution in [0.5, 0.6) is 0 Å². The summed E-state index contributed by atoms with van der Waals surface area (Å²) in [5, 5.41) is 2.56. The summed E-state index contributed by atoms with van der Waals surface area (Å²) in [6.07, 6.45) is 6.35. The van der Waals surface area contributed by atoms with E-state index in [0.717, 1.165) is 32.1 Å². The van der Waals surface area contributed by atoms with Gasteiger partial charge in [0.25, 0.3) is 0 Å². The highest BCUT2D eigenvalue weighted by Crippen LogP contribution is 2.26. The second-order valence-corrected chi connectivity index (χ2v) is 8.10. The first-order valence-corrected chi connectivity index (χ1v) is 8.95. The molecule has 0 saturated heterocycles. The molecule has 0 aromatic carbocycles. The lowest BCUT2D eigenvalue weighted by Gasteiger charge is -2.20. The number of hydrogen-bond acceptors (Lipinski definition) is 4. The number of rotatable bonds is 5. The van der Waals surface area contributed by atoms with E-state index in [9.17, 15) is 13.2 Å². The first-order chi connectivity index (χ1) is 9.03. The van der Waals surface area contributed by atoms with Gasteiger partial charge in [-0.25, -0.2) is 8.42 Å². The Balaban J connectivity index is 1.86. The first-order valence-electron chi connectivity index (χ1n) is 7.24. The maximum Gasteiger partial charge on any atom is 0.235 e. The second-order valence-electron chi connectivity index (χ2n) is 5.81. The Morgan fingerprint density at radius 3 is 2.42 bits per heavy atom. The van der Waals surface area contributed by atoms with Gasteiger partial charge in [0.05, 0.1) is 5.25 Å². The predicted molar refractivity (Wildman–Crippen MR) is 74.4 cm³/mol. The van der Waals surface area contributed by atoms with Crippen molar-refractivity contribution < 1.29 is 13.2 Å². The number of hydrogen-bond donors (Lipinski definition) is 2. The topological polar surface area (TPSA) is 89.3 Å². The van der Waals surface area contributed by atoms with E-state index in [2.05, 4.69) is 5.32 Å². The van der Waals surface area contributed by atoms with Crippen molar-refractivity contribution in [1.29, 1.82) is 0 Å². The highest BCUT2D eigenvalue weighted by atomic mass is 32.2. The quantitative estimate of drug-likeness (QED) is 0.774. The van der Waals surface area contributed by atoms with Crippen LogP contribution in [0.4, 0.5) is 0 Å². The van der Waals surface area contributed by atoms with E-state index >= 15 is 0 Å². The zero-order chi connectivity index (χ0) is 13.9. The van der Waals surface area contributed by atoms with Gasteiger partial charge < -0.3 is 11.1 Å². The van der Waals surface area contributed by atoms with Gasteiger partial charge in [-0.15, -0.1) is 0 Å². The summed E-state index contributed by atoms with van der Waals surface area (Å²) in [5.74, 6) is -0.402. The third-order valence-electron chi connectivity index (χ3n) is 4.45. The maximum absolute atomic E-state index is 12.1. The average molecular weight is 288 g/mol. The minimum Gasteiger partial charge on any atom is -0.352 e. The van der Waals surface area contributed by atoms with Gasteiger partial charge in [-0.05, 0) is 38.1 Å². The molecule has 110 valence electrons. The summed E-state index contributed by atoms with van der Waals surface area (Å²) in [6.45, 7) is 0.556. The van der Waals surface area contributed by atoms with Crippen LogP contribution in [0.3, 0.4) is 0 Å². The van der Waals surface area contributed by atoms with E-state index in [-0.39, 0.29) is 23.0 Å². The van der Waals surface area contributed by atoms with Gasteiger partial charge in [-0.1, -0.05) is 19.3 Å². The molecule has 0 aromatic rings. The minimum absolute atomic E-state index is 0.0660. The number of sulfone groups is 1. The summed E-state index contributed by atoms with van der Waals surface area (Å²) in [5.41, 5.74) is 5.66. The van der Waals surface area contributed by atoms with E-state index in [1.54, 1.807) is 0 Å². The highest BCUT2D eigenvalue weighted by Gasteiger charge is 2.33. The van der Waals surface area contributed by atoms with E-state index in [4.69, 9.17) is 5.73 Å². The van der Waals surface area contributed by atoms with Crippen molar-refractivity contribution >= 4 is 15.7 Å². The van der Waals surface area contributed by atoms with E-state index < -0.39 is 9.84 Å². The normalized spacial score (nSPS) is 28.7. The molecule has 0 radical (unpaired) electrons. The van der Waals surface area contributed by atoms with Crippen LogP contribution in [-0.2, 0) is 14.6 Å². The summed E-state index contributed by atoms with van der Waals surface area (Å²) in [6, 6.07) is 0.0660. The molecule has 2 fully saturated rings. The molecular formula is C13H24N2O3S. The Morgan fingerprint density at radius 1 is 1.11 bits per heavy atom. The summed E-state index contributed by atoms with van der Waals surface area (Å²) >= 11 is 0. The largest absolute Gasteiger partial charge is 0.352 e. The molecular weight excluding hydrogens is 264 g/mol. The summed E-state index contributed by atoms with van der Waals surface area (Å²) in [7, 11) is -3.27. The van der Waals surface area contributed by atoms with E-state index in [0.29, 0.717) is 25.3 Å². The van der Waals surface area contributed by atoms with Gasteiger partial charge in [0.2, 0.25) is 5.91 Å². The average Bonchev–Trinajstić information content (AvgIpc) is 2.98. The molecule has 0 heterocycles. The lowest BCUT2D eigenvalue weighted by molar-refractivity contribution is -0.119. The highest BCUT2D eigenvalue weighted by molar-refractivity contribution is 7.92. The molecule has 2 rings (SSSR count). The monoisotopic (exact) mass is 288 g/mol.